The minimum absolute atomic E-state index is 0.0219. The summed E-state index contributed by atoms with van der Waals surface area (Å²) in [7, 11) is 1.24. The molecule has 21 nitrogen and oxygen atoms in total. The van der Waals surface area contributed by atoms with Crippen LogP contribution in [0.2, 0.25) is 0 Å². The molecule has 260 valence electrons. The summed E-state index contributed by atoms with van der Waals surface area (Å²) in [4.78, 5) is 38.6. The summed E-state index contributed by atoms with van der Waals surface area (Å²) in [5.74, 6) is -0.273. The van der Waals surface area contributed by atoms with Gasteiger partial charge >= 0.3 is 5.97 Å². The molecule has 2 aliphatic rings. The average molecular weight is 675 g/mol. The summed E-state index contributed by atoms with van der Waals surface area (Å²) in [6, 6.07) is -0.919. The molecule has 10 N–H and O–H groups in total. The first-order valence-corrected chi connectivity index (χ1v) is 15.1. The van der Waals surface area contributed by atoms with Crippen molar-refractivity contribution in [2.75, 3.05) is 51.4 Å². The summed E-state index contributed by atoms with van der Waals surface area (Å²) in [5, 5.41) is 42.8. The number of ether oxygens (including phenoxy) is 4. The number of anilines is 2. The lowest BCUT2D eigenvalue weighted by molar-refractivity contribution is -0.142. The lowest BCUT2D eigenvalue weighted by Crippen LogP contribution is -2.44. The number of carbonyl (C=O) groups excluding carboxylic acids is 1. The second kappa shape index (κ2) is 14.1. The Morgan fingerprint density at radius 3 is 2.10 bits per heavy atom. The van der Waals surface area contributed by atoms with E-state index in [1.807, 2.05) is 4.90 Å². The van der Waals surface area contributed by atoms with Crippen LogP contribution in [0.3, 0.4) is 0 Å². The van der Waals surface area contributed by atoms with Gasteiger partial charge in [-0.2, -0.15) is 0 Å². The first kappa shape index (κ1) is 33.7. The number of fused-ring (bicyclic) bond motifs is 2. The second-order valence-electron chi connectivity index (χ2n) is 11.5. The third-order valence-electron chi connectivity index (χ3n) is 8.57. The maximum Gasteiger partial charge on any atom is 0.322 e. The van der Waals surface area contributed by atoms with Crippen molar-refractivity contribution in [1.82, 2.24) is 43.9 Å². The highest BCUT2D eigenvalue weighted by Gasteiger charge is 2.47. The number of imidazole rings is 2. The van der Waals surface area contributed by atoms with Crippen LogP contribution in [0, 0.1) is 0 Å². The van der Waals surface area contributed by atoms with E-state index in [2.05, 4.69) is 29.9 Å². The monoisotopic (exact) mass is 674 g/mol. The molecule has 0 spiro atoms. The first-order valence-electron chi connectivity index (χ1n) is 15.1. The van der Waals surface area contributed by atoms with Gasteiger partial charge in [-0.05, 0) is 6.42 Å². The Morgan fingerprint density at radius 1 is 0.896 bits per heavy atom. The third-order valence-corrected chi connectivity index (χ3v) is 8.57. The molecular formula is C27H38N12O9. The van der Waals surface area contributed by atoms with Crippen LogP contribution in [-0.2, 0) is 23.7 Å². The number of nitrogens with two attached hydrogens (primary N) is 3. The van der Waals surface area contributed by atoms with Crippen LogP contribution < -0.4 is 17.2 Å². The van der Waals surface area contributed by atoms with E-state index in [-0.39, 0.29) is 44.3 Å². The quantitative estimate of drug-likeness (QED) is 0.0670. The predicted molar refractivity (Wildman–Crippen MR) is 163 cm³/mol. The molecule has 21 heteroatoms. The Balaban J connectivity index is 1.17. The maximum atomic E-state index is 12.0. The molecule has 0 saturated carbocycles. The van der Waals surface area contributed by atoms with E-state index in [0.29, 0.717) is 22.3 Å². The highest BCUT2D eigenvalue weighted by atomic mass is 16.6. The minimum Gasteiger partial charge on any atom is -0.468 e. The number of nitrogen functional groups attached to an aromatic ring is 2. The summed E-state index contributed by atoms with van der Waals surface area (Å²) in [6.45, 7) is 0.0979. The van der Waals surface area contributed by atoms with E-state index in [4.69, 9.17) is 36.1 Å². The normalized spacial score (nSPS) is 28.1. The second-order valence-corrected chi connectivity index (χ2v) is 11.5. The van der Waals surface area contributed by atoms with Crippen molar-refractivity contribution in [3.8, 4) is 0 Å². The Morgan fingerprint density at radius 2 is 1.50 bits per heavy atom. The topological polar surface area (TPSA) is 303 Å². The van der Waals surface area contributed by atoms with Gasteiger partial charge in [0.25, 0.3) is 0 Å². The third kappa shape index (κ3) is 6.34. The number of aromatic nitrogens is 8. The van der Waals surface area contributed by atoms with Gasteiger partial charge in [0.15, 0.2) is 35.4 Å². The molecule has 0 bridgehead atoms. The molecule has 0 aromatic carbocycles. The van der Waals surface area contributed by atoms with Crippen molar-refractivity contribution in [3.63, 3.8) is 0 Å². The zero-order valence-electron chi connectivity index (χ0n) is 25.8. The zero-order valence-corrected chi connectivity index (χ0v) is 25.8. The average Bonchev–Trinajstić information content (AvgIpc) is 3.85. The van der Waals surface area contributed by atoms with Crippen LogP contribution >= 0.6 is 0 Å². The molecule has 2 saturated heterocycles. The highest BCUT2D eigenvalue weighted by Crippen LogP contribution is 2.35. The molecule has 9 atom stereocenters. The van der Waals surface area contributed by atoms with Crippen molar-refractivity contribution in [2.24, 2.45) is 5.73 Å². The van der Waals surface area contributed by atoms with Crippen LogP contribution in [0.1, 0.15) is 18.9 Å². The van der Waals surface area contributed by atoms with Crippen molar-refractivity contribution in [3.05, 3.63) is 25.3 Å². The number of methoxy groups -OCH3 is 1. The molecule has 4 aromatic rings. The Labute approximate surface area is 272 Å². The van der Waals surface area contributed by atoms with E-state index >= 15 is 0 Å². The summed E-state index contributed by atoms with van der Waals surface area (Å²) >= 11 is 0. The molecule has 0 unspecified atom stereocenters. The van der Waals surface area contributed by atoms with Gasteiger partial charge in [-0.25, -0.2) is 29.9 Å². The SMILES string of the molecule is COC(=O)[C@@H](N)CCN(CCO[C@@H]1[C@H](O)[C@@H](CO)O[C@H]1n1cnc2c(N)ncnc21)C[C@H]1O[C@@H](n2cnc3c(N)ncnc32)[C@H](O)[C@@H]1O. The van der Waals surface area contributed by atoms with Crippen molar-refractivity contribution >= 4 is 39.9 Å². The standard InChI is InChI=1S/C27H38N12O9/c1-45-27(44)12(28)2-3-37(6-13-17(41)19(43)25(47-13)38-10-35-15-21(29)31-8-33-23(15)38)4-5-46-20-18(42)14(7-40)48-26(20)39-11-36-16-22(30)32-9-34-24(16)39/h8-14,17-20,25-26,40-43H,2-7,28H2,1H3,(H2,29,31,33)(H2,30,32,34)/t12-,13+,14+,17+,18+,19+,20+,25+,26+/m0/s1. The molecule has 48 heavy (non-hydrogen) atoms. The number of carbonyl (C=O) groups is 1. The van der Waals surface area contributed by atoms with Gasteiger partial charge < -0.3 is 56.6 Å². The summed E-state index contributed by atoms with van der Waals surface area (Å²) < 4.78 is 26.0. The Hall–Kier alpha value is -4.19. The van der Waals surface area contributed by atoms with Gasteiger partial charge in [-0.15, -0.1) is 0 Å². The fourth-order valence-electron chi connectivity index (χ4n) is 5.95. The molecule has 2 fully saturated rings. The Bertz CT molecular complexity index is 1720. The van der Waals surface area contributed by atoms with E-state index in [9.17, 15) is 25.2 Å². The molecule has 6 rings (SSSR count). The number of hydrogen-bond acceptors (Lipinski definition) is 19. The largest absolute Gasteiger partial charge is 0.468 e. The molecule has 4 aromatic heterocycles. The molecule has 0 aliphatic carbocycles. The number of hydrogen-bond donors (Lipinski definition) is 7. The highest BCUT2D eigenvalue weighted by molar-refractivity contribution is 5.81. The summed E-state index contributed by atoms with van der Waals surface area (Å²) in [6.07, 6.45) is -3.07. The minimum atomic E-state index is -1.34. The van der Waals surface area contributed by atoms with Gasteiger partial charge in [0.1, 0.15) is 66.4 Å². The molecular weight excluding hydrogens is 636 g/mol. The van der Waals surface area contributed by atoms with E-state index in [1.54, 1.807) is 4.57 Å². The molecule has 0 radical (unpaired) electrons. The number of nitrogens with zero attached hydrogens (tertiary/aromatic N) is 9. The number of aliphatic hydroxyl groups is 4. The van der Waals surface area contributed by atoms with Gasteiger partial charge in [0.2, 0.25) is 0 Å². The van der Waals surface area contributed by atoms with Crippen molar-refractivity contribution in [2.45, 2.75) is 61.5 Å². The maximum absolute atomic E-state index is 12.0. The summed E-state index contributed by atoms with van der Waals surface area (Å²) in [5.41, 5.74) is 19.2. The number of esters is 1. The molecule has 2 aliphatic heterocycles. The lowest BCUT2D eigenvalue weighted by atomic mass is 10.1. The fourth-order valence-corrected chi connectivity index (χ4v) is 5.95. The van der Waals surface area contributed by atoms with Gasteiger partial charge in [0.05, 0.1) is 33.0 Å². The van der Waals surface area contributed by atoms with Crippen molar-refractivity contribution < 1.29 is 44.2 Å². The van der Waals surface area contributed by atoms with Crippen LogP contribution in [-0.4, -0.2) is 153 Å². The first-order chi connectivity index (χ1) is 23.1. The van der Waals surface area contributed by atoms with Gasteiger partial charge in [-0.3, -0.25) is 18.8 Å². The van der Waals surface area contributed by atoms with E-state index in [1.165, 1.54) is 37.0 Å². The fraction of sp³-hybridized carbons (Fsp3) is 0.593. The van der Waals surface area contributed by atoms with Crippen LogP contribution in [0.25, 0.3) is 22.3 Å². The van der Waals surface area contributed by atoms with Crippen LogP contribution in [0.5, 0.6) is 0 Å². The van der Waals surface area contributed by atoms with E-state index < -0.39 is 67.7 Å². The smallest absolute Gasteiger partial charge is 0.322 e. The number of rotatable bonds is 13. The molecule has 6 heterocycles. The lowest BCUT2D eigenvalue weighted by Gasteiger charge is -2.29. The van der Waals surface area contributed by atoms with Gasteiger partial charge in [0, 0.05) is 19.6 Å². The predicted octanol–water partition coefficient (Wildman–Crippen LogP) is -3.72. The number of aliphatic hydroxyl groups excluding tert-OH is 4. The Kier molecular flexibility index (Phi) is 9.91. The van der Waals surface area contributed by atoms with Gasteiger partial charge in [-0.1, -0.05) is 0 Å². The van der Waals surface area contributed by atoms with Crippen LogP contribution in [0.15, 0.2) is 25.3 Å². The van der Waals surface area contributed by atoms with E-state index in [0.717, 1.165) is 0 Å². The molecule has 0 amide bonds. The zero-order chi connectivity index (χ0) is 34.1. The van der Waals surface area contributed by atoms with Crippen molar-refractivity contribution in [1.29, 1.82) is 0 Å². The van der Waals surface area contributed by atoms with Crippen LogP contribution in [0.4, 0.5) is 11.6 Å².